The first kappa shape index (κ1) is 29.7. The molecule has 1 heterocycles. The molecule has 0 saturated heterocycles. The highest BCUT2D eigenvalue weighted by Gasteiger charge is 2.34. The third-order valence-electron chi connectivity index (χ3n) is 7.70. The maximum Gasteiger partial charge on any atom is 0.416 e. The van der Waals surface area contributed by atoms with Crippen LogP contribution in [-0.4, -0.2) is 16.9 Å². The van der Waals surface area contributed by atoms with E-state index >= 15 is 0 Å². The lowest BCUT2D eigenvalue weighted by Crippen LogP contribution is -2.31. The van der Waals surface area contributed by atoms with E-state index in [4.69, 9.17) is 0 Å². The summed E-state index contributed by atoms with van der Waals surface area (Å²) in [7, 11) is 0. The van der Waals surface area contributed by atoms with E-state index in [0.717, 1.165) is 40.3 Å². The Kier molecular flexibility index (Phi) is 7.23. The highest BCUT2D eigenvalue weighted by atomic mass is 19.4. The fraction of sp³-hybridized carbons (Fsp3) is 0.0857. The first-order valence-corrected chi connectivity index (χ1v) is 13.7. The van der Waals surface area contributed by atoms with Gasteiger partial charge >= 0.3 is 12.4 Å². The maximum atomic E-state index is 14.1. The van der Waals surface area contributed by atoms with Gasteiger partial charge in [-0.1, -0.05) is 54.6 Å². The number of halogens is 6. The van der Waals surface area contributed by atoms with Crippen LogP contribution in [0.3, 0.4) is 0 Å². The average molecular weight is 617 g/mol. The Bertz CT molecular complexity index is 2010. The molecule has 6 rings (SSSR count). The van der Waals surface area contributed by atoms with Gasteiger partial charge in [-0.15, -0.1) is 0 Å². The monoisotopic (exact) mass is 616 g/mol. The molecule has 0 atom stereocenters. The summed E-state index contributed by atoms with van der Waals surface area (Å²) in [5.41, 5.74) is 0.996. The average Bonchev–Trinajstić information content (AvgIpc) is 3.34. The van der Waals surface area contributed by atoms with Crippen molar-refractivity contribution < 1.29 is 35.9 Å². The molecule has 0 aliphatic rings. The van der Waals surface area contributed by atoms with Crippen molar-refractivity contribution in [2.24, 2.45) is 0 Å². The Morgan fingerprint density at radius 3 is 1.71 bits per heavy atom. The standard InChI is InChI=1S/C35H22F6N2O2/c1-21-6-5-9-31(32(21)33(45)42(20-44)26-14-10-23(11-15-26)22-7-3-2-4-8-22)43-29-16-12-24(34(36,37)38)18-27(29)28-19-25(35(39,40)41)13-17-30(28)43/h2-20H,1H3. The zero-order valence-electron chi connectivity index (χ0n) is 23.4. The fourth-order valence-electron chi connectivity index (χ4n) is 5.54. The normalized spacial score (nSPS) is 12.1. The summed E-state index contributed by atoms with van der Waals surface area (Å²) in [4.78, 5) is 27.4. The van der Waals surface area contributed by atoms with E-state index in [9.17, 15) is 35.9 Å². The smallest absolute Gasteiger partial charge is 0.308 e. The Morgan fingerprint density at radius 2 is 1.20 bits per heavy atom. The van der Waals surface area contributed by atoms with Gasteiger partial charge in [-0.3, -0.25) is 9.59 Å². The Hall–Kier alpha value is -5.38. The van der Waals surface area contributed by atoms with Gasteiger partial charge < -0.3 is 4.57 Å². The van der Waals surface area contributed by atoms with Gasteiger partial charge in [-0.25, -0.2) is 4.90 Å². The molecule has 45 heavy (non-hydrogen) atoms. The molecule has 0 unspecified atom stereocenters. The molecule has 0 saturated carbocycles. The van der Waals surface area contributed by atoms with E-state index < -0.39 is 29.4 Å². The molecule has 10 heteroatoms. The molecule has 6 aromatic rings. The number of fused-ring (bicyclic) bond motifs is 3. The number of hydrogen-bond donors (Lipinski definition) is 0. The first-order chi connectivity index (χ1) is 21.4. The second kappa shape index (κ2) is 11.0. The van der Waals surface area contributed by atoms with Crippen molar-refractivity contribution in [1.29, 1.82) is 0 Å². The van der Waals surface area contributed by atoms with Crippen molar-refractivity contribution in [3.63, 3.8) is 0 Å². The number of carbonyl (C=O) groups is 2. The Labute approximate surface area is 252 Å². The van der Waals surface area contributed by atoms with Gasteiger partial charge in [0.15, 0.2) is 0 Å². The number of nitrogens with zero attached hydrogens (tertiary/aromatic N) is 2. The van der Waals surface area contributed by atoms with Gasteiger partial charge in [0.05, 0.1) is 39.1 Å². The van der Waals surface area contributed by atoms with Crippen molar-refractivity contribution in [2.75, 3.05) is 4.90 Å². The van der Waals surface area contributed by atoms with Crippen LogP contribution in [0.4, 0.5) is 32.0 Å². The zero-order chi connectivity index (χ0) is 32.1. The number of benzene rings is 5. The second-order valence-electron chi connectivity index (χ2n) is 10.5. The first-order valence-electron chi connectivity index (χ1n) is 13.7. The number of carbonyl (C=O) groups excluding carboxylic acids is 2. The highest BCUT2D eigenvalue weighted by molar-refractivity contribution is 6.19. The summed E-state index contributed by atoms with van der Waals surface area (Å²) in [6.07, 6.45) is -9.11. The molecule has 2 amide bonds. The molecule has 0 aliphatic heterocycles. The highest BCUT2D eigenvalue weighted by Crippen LogP contribution is 2.40. The van der Waals surface area contributed by atoms with Gasteiger partial charge in [-0.2, -0.15) is 26.3 Å². The number of amides is 2. The van der Waals surface area contributed by atoms with E-state index in [1.165, 1.54) is 22.8 Å². The molecule has 0 bridgehead atoms. The number of rotatable bonds is 5. The molecular formula is C35H22F6N2O2. The van der Waals surface area contributed by atoms with Gasteiger partial charge in [0.1, 0.15) is 0 Å². The van der Waals surface area contributed by atoms with E-state index in [-0.39, 0.29) is 38.7 Å². The van der Waals surface area contributed by atoms with Crippen LogP contribution in [0.2, 0.25) is 0 Å². The lowest BCUT2D eigenvalue weighted by atomic mass is 10.0. The summed E-state index contributed by atoms with van der Waals surface area (Å²) in [6.45, 7) is 1.63. The summed E-state index contributed by atoms with van der Waals surface area (Å²) in [6, 6.07) is 26.6. The van der Waals surface area contributed by atoms with Crippen LogP contribution in [0.25, 0.3) is 38.6 Å². The van der Waals surface area contributed by atoms with Crippen molar-refractivity contribution in [3.05, 3.63) is 131 Å². The number of aromatic nitrogens is 1. The minimum Gasteiger partial charge on any atom is -0.308 e. The molecule has 1 aromatic heterocycles. The van der Waals surface area contributed by atoms with E-state index in [2.05, 4.69) is 0 Å². The number of alkyl halides is 6. The van der Waals surface area contributed by atoms with Crippen molar-refractivity contribution >= 4 is 39.8 Å². The van der Waals surface area contributed by atoms with Gasteiger partial charge in [0.25, 0.3) is 5.91 Å². The summed E-state index contributed by atoms with van der Waals surface area (Å²) < 4.78 is 83.5. The summed E-state index contributed by atoms with van der Waals surface area (Å²) in [5.74, 6) is -0.723. The number of anilines is 1. The molecule has 0 aliphatic carbocycles. The molecule has 0 N–H and O–H groups in total. The third-order valence-corrected chi connectivity index (χ3v) is 7.70. The van der Waals surface area contributed by atoms with Crippen LogP contribution >= 0.6 is 0 Å². The number of imide groups is 1. The lowest BCUT2D eigenvalue weighted by molar-refractivity contribution is -0.138. The minimum absolute atomic E-state index is 0.0512. The number of hydrogen-bond acceptors (Lipinski definition) is 2. The largest absolute Gasteiger partial charge is 0.416 e. The topological polar surface area (TPSA) is 42.3 Å². The number of aryl methyl sites for hydroxylation is 1. The van der Waals surface area contributed by atoms with Crippen LogP contribution in [0.5, 0.6) is 0 Å². The Morgan fingerprint density at radius 1 is 0.667 bits per heavy atom. The summed E-state index contributed by atoms with van der Waals surface area (Å²) >= 11 is 0. The fourth-order valence-corrected chi connectivity index (χ4v) is 5.54. The molecule has 0 fully saturated rings. The van der Waals surface area contributed by atoms with E-state index in [1.807, 2.05) is 30.3 Å². The quantitative estimate of drug-likeness (QED) is 0.143. The predicted molar refractivity (Wildman–Crippen MR) is 160 cm³/mol. The van der Waals surface area contributed by atoms with Gasteiger partial charge in [0.2, 0.25) is 6.41 Å². The zero-order valence-corrected chi connectivity index (χ0v) is 23.4. The Balaban J connectivity index is 1.54. The van der Waals surface area contributed by atoms with E-state index in [0.29, 0.717) is 12.0 Å². The second-order valence-corrected chi connectivity index (χ2v) is 10.5. The maximum absolute atomic E-state index is 14.1. The molecule has 0 spiro atoms. The molecular weight excluding hydrogens is 594 g/mol. The van der Waals surface area contributed by atoms with Crippen LogP contribution in [-0.2, 0) is 17.1 Å². The van der Waals surface area contributed by atoms with Gasteiger partial charge in [0, 0.05) is 10.8 Å². The summed E-state index contributed by atoms with van der Waals surface area (Å²) in [5, 5.41) is -0.149. The lowest BCUT2D eigenvalue weighted by Gasteiger charge is -2.21. The molecule has 4 nitrogen and oxygen atoms in total. The van der Waals surface area contributed by atoms with Crippen LogP contribution in [0.1, 0.15) is 27.0 Å². The van der Waals surface area contributed by atoms with E-state index in [1.54, 1.807) is 43.3 Å². The minimum atomic E-state index is -4.74. The SMILES string of the molecule is Cc1cccc(-n2c3ccc(C(F)(F)F)cc3c3cc(C(F)(F)F)ccc32)c1C(=O)N(C=O)c1ccc(-c2ccccc2)cc1. The van der Waals surface area contributed by atoms with Gasteiger partial charge in [-0.05, 0) is 78.2 Å². The molecule has 226 valence electrons. The van der Waals surface area contributed by atoms with Crippen molar-refractivity contribution in [2.45, 2.75) is 19.3 Å². The molecule has 0 radical (unpaired) electrons. The van der Waals surface area contributed by atoms with Crippen LogP contribution < -0.4 is 4.90 Å². The van der Waals surface area contributed by atoms with Crippen molar-refractivity contribution in [3.8, 4) is 16.8 Å². The van der Waals surface area contributed by atoms with Crippen molar-refractivity contribution in [1.82, 2.24) is 4.57 Å². The third kappa shape index (κ3) is 5.32. The molecule has 5 aromatic carbocycles. The van der Waals surface area contributed by atoms with Crippen LogP contribution in [0.15, 0.2) is 109 Å². The van der Waals surface area contributed by atoms with Crippen LogP contribution in [0, 0.1) is 6.92 Å². The predicted octanol–water partition coefficient (Wildman–Crippen LogP) is 9.60.